The normalized spacial score (nSPS) is 7.50. The Balaban J connectivity index is 0. The minimum atomic E-state index is 0.557. The molecule has 0 aliphatic carbocycles. The fourth-order valence-corrected chi connectivity index (χ4v) is 0. The van der Waals surface area contributed by atoms with Crippen LogP contribution >= 0.6 is 50.7 Å². The second-order valence-corrected chi connectivity index (χ2v) is 2.68. The van der Waals surface area contributed by atoms with Gasteiger partial charge >= 0.3 is 0 Å². The molecule has 0 unspecified atom stereocenters. The molecule has 0 saturated heterocycles. The van der Waals surface area contributed by atoms with E-state index in [4.69, 9.17) is 34.8 Å². The molecule has 0 aromatic heterocycles. The van der Waals surface area contributed by atoms with Crippen molar-refractivity contribution in [1.82, 2.24) is 0 Å². The van der Waals surface area contributed by atoms with Gasteiger partial charge in [-0.25, -0.2) is 0 Å². The maximum Gasteiger partial charge on any atom is 0.0359 e. The van der Waals surface area contributed by atoms with E-state index in [1.165, 1.54) is 0 Å². The molecule has 0 aliphatic rings. The van der Waals surface area contributed by atoms with Crippen molar-refractivity contribution in [3.63, 3.8) is 0 Å². The molecule has 0 atom stereocenters. The molecule has 0 nitrogen and oxygen atoms in total. The van der Waals surface area contributed by atoms with Crippen LogP contribution in [0.4, 0.5) is 0 Å². The molecule has 0 rings (SSSR count). The van der Waals surface area contributed by atoms with Crippen LogP contribution in [-0.4, -0.2) is 23.0 Å². The van der Waals surface area contributed by atoms with Crippen molar-refractivity contribution in [2.45, 2.75) is 0 Å². The molecule has 0 radical (unpaired) electrons. The lowest BCUT2D eigenvalue weighted by Crippen LogP contribution is -1.63. The zero-order chi connectivity index (χ0) is 6.83. The fraction of sp³-hybridized carbons (Fsp3) is 1.00. The first-order valence-electron chi connectivity index (χ1n) is 2.07. The fourth-order valence-electron chi connectivity index (χ4n) is 0. The van der Waals surface area contributed by atoms with Gasteiger partial charge in [-0.3, -0.25) is 0 Å². The lowest BCUT2D eigenvalue weighted by molar-refractivity contribution is 1.52. The van der Waals surface area contributed by atoms with E-state index in [0.717, 1.165) is 5.33 Å². The topological polar surface area (TPSA) is 0 Å². The Morgan fingerprint density at radius 3 is 1.12 bits per heavy atom. The molecule has 0 heterocycles. The van der Waals surface area contributed by atoms with Crippen molar-refractivity contribution in [1.29, 1.82) is 0 Å². The Hall–Kier alpha value is 1.35. The van der Waals surface area contributed by atoms with Crippen LogP contribution in [0.2, 0.25) is 0 Å². The maximum atomic E-state index is 5.14. The molecule has 0 amide bonds. The zero-order valence-corrected chi connectivity index (χ0v) is 8.19. The Kier molecular flexibility index (Phi) is 23.8. The highest BCUT2D eigenvalue weighted by Crippen LogP contribution is 1.79. The highest BCUT2D eigenvalue weighted by Gasteiger charge is 1.61. The zero-order valence-electron chi connectivity index (χ0n) is 4.34. The molecule has 4 heteroatoms. The third-order valence-electron chi connectivity index (χ3n) is 0.143. The van der Waals surface area contributed by atoms with Crippen LogP contribution < -0.4 is 0 Å². The molecular weight excluding hydrogens is 234 g/mol. The summed E-state index contributed by atoms with van der Waals surface area (Å²) in [7, 11) is 0. The van der Waals surface area contributed by atoms with Crippen LogP contribution in [0.5, 0.6) is 0 Å². The minimum absolute atomic E-state index is 0.557. The van der Waals surface area contributed by atoms with Gasteiger partial charge in [0.1, 0.15) is 0 Å². The quantitative estimate of drug-likeness (QED) is 0.653. The highest BCUT2D eigenvalue weighted by molar-refractivity contribution is 9.09. The van der Waals surface area contributed by atoms with E-state index in [2.05, 4.69) is 15.9 Å². The van der Waals surface area contributed by atoms with Crippen LogP contribution in [0.15, 0.2) is 0 Å². The Morgan fingerprint density at radius 2 is 1.12 bits per heavy atom. The molecule has 0 aromatic rings. The van der Waals surface area contributed by atoms with Gasteiger partial charge in [-0.1, -0.05) is 15.9 Å². The molecule has 8 heavy (non-hydrogen) atoms. The average Bonchev–Trinajstić information content (AvgIpc) is 1.88. The van der Waals surface area contributed by atoms with E-state index in [1.807, 2.05) is 0 Å². The van der Waals surface area contributed by atoms with Crippen LogP contribution in [0.25, 0.3) is 0 Å². The molecule has 0 spiro atoms. The summed E-state index contributed by atoms with van der Waals surface area (Å²) in [5.41, 5.74) is 0. The lowest BCUT2D eigenvalue weighted by Gasteiger charge is -1.63. The third kappa shape index (κ3) is 26.4. The van der Waals surface area contributed by atoms with Gasteiger partial charge in [0.25, 0.3) is 0 Å². The second-order valence-electron chi connectivity index (χ2n) is 0.756. The van der Waals surface area contributed by atoms with Gasteiger partial charge in [-0.05, 0) is 0 Å². The van der Waals surface area contributed by atoms with E-state index >= 15 is 0 Å². The Morgan fingerprint density at radius 1 is 0.875 bits per heavy atom. The molecule has 0 aromatic carbocycles. The van der Waals surface area contributed by atoms with Gasteiger partial charge in [0.15, 0.2) is 0 Å². The van der Waals surface area contributed by atoms with E-state index < -0.39 is 0 Å². The van der Waals surface area contributed by atoms with Gasteiger partial charge in [-0.2, -0.15) is 0 Å². The molecule has 0 bridgehead atoms. The monoisotopic (exact) mass is 240 g/mol. The molecular formula is C4H8BrCl3. The van der Waals surface area contributed by atoms with Gasteiger partial charge in [0.2, 0.25) is 0 Å². The number of rotatable bonds is 2. The largest absolute Gasteiger partial charge is 0.126 e. The van der Waals surface area contributed by atoms with E-state index in [9.17, 15) is 0 Å². The summed E-state index contributed by atoms with van der Waals surface area (Å²) in [5, 5.41) is 0.897. The van der Waals surface area contributed by atoms with Crippen molar-refractivity contribution in [2.75, 3.05) is 23.0 Å². The first kappa shape index (κ1) is 12.1. The Labute approximate surface area is 73.6 Å². The van der Waals surface area contributed by atoms with E-state index in [-0.39, 0.29) is 0 Å². The maximum absolute atomic E-state index is 5.14. The average molecular weight is 242 g/mol. The predicted octanol–water partition coefficient (Wildman–Crippen LogP) is 3.08. The van der Waals surface area contributed by atoms with E-state index in [0.29, 0.717) is 17.6 Å². The van der Waals surface area contributed by atoms with E-state index in [1.54, 1.807) is 0 Å². The smallest absolute Gasteiger partial charge is 0.0359 e. The van der Waals surface area contributed by atoms with Crippen LogP contribution in [0.3, 0.4) is 0 Å². The standard InChI is InChI=1S/C2H4BrCl.C2H4Cl2/c2*3-1-2-4/h2*1-2H2. The summed E-state index contributed by atoms with van der Waals surface area (Å²) < 4.78 is 0. The summed E-state index contributed by atoms with van der Waals surface area (Å²) in [5.74, 6) is 1.82. The van der Waals surface area contributed by atoms with Crippen LogP contribution in [0, 0.1) is 0 Å². The minimum Gasteiger partial charge on any atom is -0.126 e. The first-order valence-corrected chi connectivity index (χ1v) is 4.79. The second kappa shape index (κ2) is 15.8. The van der Waals surface area contributed by atoms with Crippen molar-refractivity contribution in [3.05, 3.63) is 0 Å². The van der Waals surface area contributed by atoms with Gasteiger partial charge in [0.05, 0.1) is 0 Å². The summed E-state index contributed by atoms with van der Waals surface area (Å²) in [4.78, 5) is 0. The summed E-state index contributed by atoms with van der Waals surface area (Å²) in [6.07, 6.45) is 0. The summed E-state index contributed by atoms with van der Waals surface area (Å²) >= 11 is 18.4. The van der Waals surface area contributed by atoms with Crippen molar-refractivity contribution < 1.29 is 0 Å². The van der Waals surface area contributed by atoms with Crippen LogP contribution in [0.1, 0.15) is 0 Å². The number of hydrogen-bond acceptors (Lipinski definition) is 0. The Bertz CT molecular complexity index is 19.2. The molecule has 52 valence electrons. The molecule has 0 N–H and O–H groups in total. The molecule has 0 aliphatic heterocycles. The third-order valence-corrected chi connectivity index (χ3v) is 1.76. The molecule has 0 fully saturated rings. The highest BCUT2D eigenvalue weighted by atomic mass is 79.9. The van der Waals surface area contributed by atoms with Crippen molar-refractivity contribution >= 4 is 50.7 Å². The molecule has 0 saturated carbocycles. The summed E-state index contributed by atoms with van der Waals surface area (Å²) in [6, 6.07) is 0. The van der Waals surface area contributed by atoms with Crippen molar-refractivity contribution in [2.24, 2.45) is 0 Å². The summed E-state index contributed by atoms with van der Waals surface area (Å²) in [6.45, 7) is 0. The van der Waals surface area contributed by atoms with Gasteiger partial charge in [0, 0.05) is 23.0 Å². The van der Waals surface area contributed by atoms with Gasteiger partial charge in [-0.15, -0.1) is 34.8 Å². The van der Waals surface area contributed by atoms with Crippen LogP contribution in [-0.2, 0) is 0 Å². The van der Waals surface area contributed by atoms with Gasteiger partial charge < -0.3 is 0 Å². The SMILES string of the molecule is ClCCBr.ClCCCl. The lowest BCUT2D eigenvalue weighted by atomic mass is 11.0. The van der Waals surface area contributed by atoms with Crippen molar-refractivity contribution in [3.8, 4) is 0 Å². The predicted molar refractivity (Wildman–Crippen MR) is 46.0 cm³/mol. The number of alkyl halides is 4. The number of hydrogen-bond donors (Lipinski definition) is 0. The first-order chi connectivity index (χ1) is 3.83. The number of halogens is 4.